The normalized spacial score (nSPS) is 25.3. The van der Waals surface area contributed by atoms with Gasteiger partial charge in [0.15, 0.2) is 17.5 Å². The van der Waals surface area contributed by atoms with Gasteiger partial charge < -0.3 is 25.2 Å². The Hall–Kier alpha value is -2.55. The molecule has 3 aromatic rings. The van der Waals surface area contributed by atoms with Gasteiger partial charge >= 0.3 is 0 Å². The van der Waals surface area contributed by atoms with E-state index in [9.17, 15) is 33.6 Å². The van der Waals surface area contributed by atoms with Crippen molar-refractivity contribution in [1.82, 2.24) is 20.0 Å². The first-order valence-corrected chi connectivity index (χ1v) is 12.3. The third kappa shape index (κ3) is 5.52. The summed E-state index contributed by atoms with van der Waals surface area (Å²) < 4.78 is 47.7. The van der Waals surface area contributed by atoms with Crippen molar-refractivity contribution in [1.29, 1.82) is 0 Å². The fourth-order valence-electron chi connectivity index (χ4n) is 4.28. The first-order valence-electron chi connectivity index (χ1n) is 11.4. The predicted molar refractivity (Wildman–Crippen MR) is 128 cm³/mol. The molecule has 200 valence electrons. The number of thioether (sulfide) groups is 1. The molecule has 0 radical (unpaired) electrons. The van der Waals surface area contributed by atoms with Crippen molar-refractivity contribution >= 4 is 11.8 Å². The maximum absolute atomic E-state index is 13.7. The van der Waals surface area contributed by atoms with E-state index < -0.39 is 64.7 Å². The molecule has 1 saturated heterocycles. The second kappa shape index (κ2) is 10.7. The Morgan fingerprint density at radius 3 is 2.43 bits per heavy atom. The predicted octanol–water partition coefficient (Wildman–Crippen LogP) is 2.29. The van der Waals surface area contributed by atoms with Gasteiger partial charge in [-0.2, -0.15) is 0 Å². The Kier molecular flexibility index (Phi) is 7.93. The molecular weight excluding hydrogens is 513 g/mol. The molecule has 3 heterocycles. The van der Waals surface area contributed by atoms with Gasteiger partial charge in [0.25, 0.3) is 0 Å². The third-order valence-electron chi connectivity index (χ3n) is 6.19. The molecule has 1 unspecified atom stereocenters. The summed E-state index contributed by atoms with van der Waals surface area (Å²) in [4.78, 5) is 4.27. The second-order valence-corrected chi connectivity index (χ2v) is 10.6. The molecule has 9 nitrogen and oxygen atoms in total. The van der Waals surface area contributed by atoms with E-state index >= 15 is 0 Å². The zero-order valence-electron chi connectivity index (χ0n) is 20.2. The van der Waals surface area contributed by atoms with Crippen LogP contribution in [0.1, 0.15) is 36.4 Å². The lowest BCUT2D eigenvalue weighted by Gasteiger charge is -2.44. The number of halogens is 3. The van der Waals surface area contributed by atoms with E-state index in [0.29, 0.717) is 11.3 Å². The molecule has 1 aliphatic rings. The van der Waals surface area contributed by atoms with E-state index in [1.165, 1.54) is 6.20 Å². The van der Waals surface area contributed by atoms with Crippen LogP contribution < -0.4 is 0 Å². The number of pyridine rings is 1. The Morgan fingerprint density at radius 1 is 1.16 bits per heavy atom. The molecule has 4 N–H and O–H groups in total. The van der Waals surface area contributed by atoms with Gasteiger partial charge in [0.2, 0.25) is 0 Å². The van der Waals surface area contributed by atoms with Crippen LogP contribution >= 0.6 is 11.8 Å². The molecule has 37 heavy (non-hydrogen) atoms. The lowest BCUT2D eigenvalue weighted by Crippen LogP contribution is -2.55. The van der Waals surface area contributed by atoms with E-state index in [-0.39, 0.29) is 11.3 Å². The molecular formula is C24H27F3N4O5S. The highest BCUT2D eigenvalue weighted by molar-refractivity contribution is 8.00. The van der Waals surface area contributed by atoms with Crippen LogP contribution in [0, 0.1) is 24.4 Å². The highest BCUT2D eigenvalue weighted by Crippen LogP contribution is 2.46. The second-order valence-electron chi connectivity index (χ2n) is 9.38. The van der Waals surface area contributed by atoms with Crippen molar-refractivity contribution in [2.75, 3.05) is 6.61 Å². The van der Waals surface area contributed by atoms with E-state index in [2.05, 4.69) is 15.3 Å². The molecule has 0 spiro atoms. The molecule has 1 aromatic carbocycles. The average Bonchev–Trinajstić information content (AvgIpc) is 3.31. The van der Waals surface area contributed by atoms with E-state index in [1.54, 1.807) is 39.1 Å². The van der Waals surface area contributed by atoms with Crippen molar-refractivity contribution in [2.24, 2.45) is 0 Å². The number of aliphatic hydroxyl groups excluding tert-OH is 3. The van der Waals surface area contributed by atoms with Crippen LogP contribution in [0.2, 0.25) is 0 Å². The van der Waals surface area contributed by atoms with Crippen molar-refractivity contribution in [3.05, 3.63) is 65.4 Å². The van der Waals surface area contributed by atoms with Crippen LogP contribution in [0.15, 0.2) is 36.7 Å². The number of aryl methyl sites for hydroxylation is 1. The zero-order valence-corrected chi connectivity index (χ0v) is 21.0. The van der Waals surface area contributed by atoms with Gasteiger partial charge in [-0.1, -0.05) is 11.3 Å². The first kappa shape index (κ1) is 27.5. The minimum atomic E-state index is -1.62. The van der Waals surface area contributed by atoms with Crippen molar-refractivity contribution in [3.63, 3.8) is 0 Å². The topological polar surface area (TPSA) is 134 Å². The number of nitrogens with zero attached hydrogens (tertiary/aromatic N) is 4. The van der Waals surface area contributed by atoms with Crippen LogP contribution in [0.5, 0.6) is 0 Å². The number of benzene rings is 1. The average molecular weight is 541 g/mol. The Balaban J connectivity index is 1.67. The lowest BCUT2D eigenvalue weighted by molar-refractivity contribution is -0.179. The van der Waals surface area contributed by atoms with Gasteiger partial charge in [-0.05, 0) is 44.5 Å². The van der Waals surface area contributed by atoms with Gasteiger partial charge in [0.05, 0.1) is 23.7 Å². The minimum Gasteiger partial charge on any atom is -0.394 e. The number of hydrogen-bond donors (Lipinski definition) is 4. The first-order chi connectivity index (χ1) is 17.4. The standard InChI is InChI=1S/C24H27F3N4O5S/c1-11-13(5-4-6-28-11)22(24(2,3)35)37-23-21(34)19(20(33)17(10-32)36-23)31-9-16(29-30-31)12-7-14(25)18(27)15(26)8-12/h4-9,17,19-23,32-35H,10H2,1-3H3/t17-,19+,20+,21-,22?,23+/m1/s1. The highest BCUT2D eigenvalue weighted by Gasteiger charge is 2.48. The number of aromatic nitrogens is 4. The molecule has 2 aromatic heterocycles. The van der Waals surface area contributed by atoms with Crippen LogP contribution in [0.3, 0.4) is 0 Å². The van der Waals surface area contributed by atoms with Gasteiger partial charge in [-0.3, -0.25) is 4.98 Å². The number of rotatable bonds is 7. The molecule has 0 aliphatic carbocycles. The van der Waals surface area contributed by atoms with Crippen LogP contribution in [-0.2, 0) is 4.74 Å². The molecule has 1 fully saturated rings. The molecule has 13 heteroatoms. The highest BCUT2D eigenvalue weighted by atomic mass is 32.2. The minimum absolute atomic E-state index is 0.0335. The fraction of sp³-hybridized carbons (Fsp3) is 0.458. The van der Waals surface area contributed by atoms with Crippen molar-refractivity contribution in [2.45, 2.75) is 61.4 Å². The number of ether oxygens (including phenoxy) is 1. The Labute approximate surface area is 214 Å². The van der Waals surface area contributed by atoms with Gasteiger partial charge in [-0.25, -0.2) is 17.9 Å². The van der Waals surface area contributed by atoms with E-state index in [0.717, 1.165) is 28.6 Å². The quantitative estimate of drug-likeness (QED) is 0.333. The molecule has 0 bridgehead atoms. The maximum atomic E-state index is 13.7. The third-order valence-corrected chi connectivity index (χ3v) is 7.95. The molecule has 0 saturated carbocycles. The Morgan fingerprint density at radius 2 is 1.84 bits per heavy atom. The zero-order chi connectivity index (χ0) is 27.1. The molecule has 1 aliphatic heterocycles. The summed E-state index contributed by atoms with van der Waals surface area (Å²) in [7, 11) is 0. The number of aliphatic hydroxyl groups is 4. The summed E-state index contributed by atoms with van der Waals surface area (Å²) in [6.45, 7) is 4.41. The summed E-state index contributed by atoms with van der Waals surface area (Å²) >= 11 is 1.09. The SMILES string of the molecule is Cc1ncccc1C(S[C@@H]1O[C@H](CO)[C@H](O)[C@H](n2cc(-c3cc(F)c(F)c(F)c3)nn2)[C@H]1O)C(C)(C)O. The largest absolute Gasteiger partial charge is 0.394 e. The summed E-state index contributed by atoms with van der Waals surface area (Å²) in [5.41, 5.74) is -1.08. The van der Waals surface area contributed by atoms with Gasteiger partial charge in [-0.15, -0.1) is 16.9 Å². The number of hydrogen-bond acceptors (Lipinski definition) is 9. The van der Waals surface area contributed by atoms with Crippen molar-refractivity contribution in [3.8, 4) is 11.3 Å². The van der Waals surface area contributed by atoms with Gasteiger partial charge in [0.1, 0.15) is 35.5 Å². The summed E-state index contributed by atoms with van der Waals surface area (Å²) in [6, 6.07) is 3.85. The molecule has 6 atom stereocenters. The molecule has 4 rings (SSSR count). The fourth-order valence-corrected chi connectivity index (χ4v) is 5.81. The van der Waals surface area contributed by atoms with Crippen LogP contribution in [-0.4, -0.2) is 76.4 Å². The summed E-state index contributed by atoms with van der Waals surface area (Å²) in [5, 5.41) is 50.0. The van der Waals surface area contributed by atoms with Crippen molar-refractivity contribution < 1.29 is 38.3 Å². The maximum Gasteiger partial charge on any atom is 0.194 e. The summed E-state index contributed by atoms with van der Waals surface area (Å²) in [5.74, 6) is -4.44. The van der Waals surface area contributed by atoms with Gasteiger partial charge in [0, 0.05) is 17.5 Å². The summed E-state index contributed by atoms with van der Waals surface area (Å²) in [6.07, 6.45) is -1.12. The molecule has 0 amide bonds. The Bertz CT molecular complexity index is 1230. The monoisotopic (exact) mass is 540 g/mol. The van der Waals surface area contributed by atoms with E-state index in [4.69, 9.17) is 4.74 Å². The smallest absolute Gasteiger partial charge is 0.194 e. The van der Waals surface area contributed by atoms with Crippen LogP contribution in [0.25, 0.3) is 11.3 Å². The lowest BCUT2D eigenvalue weighted by atomic mass is 9.96. The van der Waals surface area contributed by atoms with Crippen LogP contribution in [0.4, 0.5) is 13.2 Å². The van der Waals surface area contributed by atoms with E-state index in [1.807, 2.05) is 0 Å².